The fraction of sp³-hybridized carbons (Fsp3) is 0.689. The normalized spacial score (nSPS) is 21.1. The Kier molecular flexibility index (Phi) is 29.8. The third kappa shape index (κ3) is 20.7. The number of Topliss-reactive ketones (excluding diaryl/α,β-unsaturated/α-hetero) is 2. The number of amides is 5. The molecule has 0 radical (unpaired) electrons. The van der Waals surface area contributed by atoms with E-state index >= 15 is 0 Å². The predicted molar refractivity (Wildman–Crippen MR) is 324 cm³/mol. The molecule has 2 saturated heterocycles. The summed E-state index contributed by atoms with van der Waals surface area (Å²) in [5.41, 5.74) is 0.856. The van der Waals surface area contributed by atoms with E-state index in [0.717, 1.165) is 21.0 Å². The fourth-order valence-electron chi connectivity index (χ4n) is 11.6. The molecule has 8 N–H and O–H groups in total. The van der Waals surface area contributed by atoms with Gasteiger partial charge in [0.2, 0.25) is 39.9 Å². The molecular weight excluding hydrogens is 1170 g/mol. The van der Waals surface area contributed by atoms with Crippen molar-refractivity contribution in [2.75, 3.05) is 79.3 Å². The van der Waals surface area contributed by atoms with E-state index < -0.39 is 139 Å². The second-order valence-corrected chi connectivity index (χ2v) is 25.9. The minimum Gasteiger partial charge on any atom is -0.462 e. The number of likely N-dealkylation sites (N-methyl/N-ethyl adjacent to an activating group) is 2. The average Bonchev–Trinajstić information content (AvgIpc) is 1.99. The molecule has 0 saturated carbocycles. The van der Waals surface area contributed by atoms with Crippen LogP contribution in [-0.2, 0) is 69.2 Å². The SMILES string of the molecule is CC[C@H](C)[C@@H]([C@@H](CC(=O)N1CCC[C@H]1[C@H](OC)[C@@H](C)C(=O)C[C@H](C)[C@@H](O)c1ccccc1)OC)N(C)C(=O)[C@@H](CC(=O)[C@H](C(C)C)N(C)C(=O)OCc1cc(NC(=O)CN(CCNC(=O)CON)S(C)(=O)=O)ccc1OC1OCC(O)C(O)C1O)C(C)C. The van der Waals surface area contributed by atoms with Crippen molar-refractivity contribution in [1.82, 2.24) is 24.3 Å². The summed E-state index contributed by atoms with van der Waals surface area (Å²) in [5.74, 6) is -0.607. The van der Waals surface area contributed by atoms with Crippen LogP contribution in [0.5, 0.6) is 5.75 Å². The maximum Gasteiger partial charge on any atom is 0.410 e. The molecule has 0 bridgehead atoms. The molecule has 4 rings (SSSR count). The van der Waals surface area contributed by atoms with E-state index in [1.54, 1.807) is 37.6 Å². The Bertz CT molecular complexity index is 2730. The number of rotatable bonds is 35. The molecule has 27 heteroatoms. The topological polar surface area (TPSA) is 353 Å². The Hall–Kier alpha value is -5.72. The largest absolute Gasteiger partial charge is 0.462 e. The molecule has 26 nitrogen and oxygen atoms in total. The second-order valence-electron chi connectivity index (χ2n) is 24.0. The maximum atomic E-state index is 14.9. The lowest BCUT2D eigenvalue weighted by Gasteiger charge is -2.41. The highest BCUT2D eigenvalue weighted by molar-refractivity contribution is 7.88. The van der Waals surface area contributed by atoms with Crippen molar-refractivity contribution in [3.8, 4) is 5.75 Å². The lowest BCUT2D eigenvalue weighted by atomic mass is 9.83. The van der Waals surface area contributed by atoms with Gasteiger partial charge in [0.05, 0.1) is 62.3 Å². The maximum absolute atomic E-state index is 14.9. The highest BCUT2D eigenvalue weighted by atomic mass is 32.2. The van der Waals surface area contributed by atoms with Crippen molar-refractivity contribution in [3.05, 3.63) is 59.7 Å². The first-order valence-electron chi connectivity index (χ1n) is 30.0. The van der Waals surface area contributed by atoms with Crippen LogP contribution in [0.15, 0.2) is 48.5 Å². The Balaban J connectivity index is 1.51. The number of hydrogen-bond donors (Lipinski definition) is 7. The Labute approximate surface area is 518 Å². The molecule has 88 heavy (non-hydrogen) atoms. The van der Waals surface area contributed by atoms with E-state index in [2.05, 4.69) is 15.5 Å². The summed E-state index contributed by atoms with van der Waals surface area (Å²) >= 11 is 0. The number of carbonyl (C=O) groups is 7. The first-order valence-corrected chi connectivity index (χ1v) is 31.9. The van der Waals surface area contributed by atoms with Crippen molar-refractivity contribution < 1.29 is 90.9 Å². The summed E-state index contributed by atoms with van der Waals surface area (Å²) in [4.78, 5) is 106. The predicted octanol–water partition coefficient (Wildman–Crippen LogP) is 2.78. The second kappa shape index (κ2) is 35.0. The number of aliphatic hydroxyl groups is 4. The van der Waals surface area contributed by atoms with Crippen LogP contribution >= 0.6 is 0 Å². The summed E-state index contributed by atoms with van der Waals surface area (Å²) in [6, 6.07) is 11.0. The number of likely N-dealkylation sites (tertiary alicyclic amines) is 1. The number of carbonyl (C=O) groups excluding carboxylic acids is 7. The number of methoxy groups -OCH3 is 2. The third-order valence-corrected chi connectivity index (χ3v) is 18.1. The molecule has 0 aliphatic carbocycles. The van der Waals surface area contributed by atoms with Gasteiger partial charge in [-0.1, -0.05) is 92.1 Å². The van der Waals surface area contributed by atoms with E-state index in [1.165, 1.54) is 39.5 Å². The minimum absolute atomic E-state index is 0.0632. The number of sulfonamides is 1. The molecule has 2 fully saturated rings. The van der Waals surface area contributed by atoms with E-state index in [9.17, 15) is 62.4 Å². The number of ketones is 2. The van der Waals surface area contributed by atoms with Crippen LogP contribution in [0.2, 0.25) is 0 Å². The van der Waals surface area contributed by atoms with Crippen LogP contribution in [0.4, 0.5) is 10.5 Å². The summed E-state index contributed by atoms with van der Waals surface area (Å²) in [6.45, 7) is 12.5. The quantitative estimate of drug-likeness (QED) is 0.0488. The smallest absolute Gasteiger partial charge is 0.410 e. The monoisotopic (exact) mass is 1260 g/mol. The van der Waals surface area contributed by atoms with Crippen LogP contribution in [0.25, 0.3) is 0 Å². The minimum atomic E-state index is -3.97. The molecule has 496 valence electrons. The summed E-state index contributed by atoms with van der Waals surface area (Å²) in [6.07, 6.45) is -7.03. The van der Waals surface area contributed by atoms with Gasteiger partial charge in [-0.05, 0) is 60.3 Å². The zero-order chi connectivity index (χ0) is 65.9. The fourth-order valence-corrected chi connectivity index (χ4v) is 12.4. The first-order chi connectivity index (χ1) is 41.4. The number of ether oxygens (including phenoxy) is 5. The van der Waals surface area contributed by atoms with Gasteiger partial charge < -0.3 is 69.4 Å². The molecule has 0 aromatic heterocycles. The summed E-state index contributed by atoms with van der Waals surface area (Å²) in [7, 11) is 2.06. The molecule has 5 amide bonds. The Morgan fingerprint density at radius 1 is 0.841 bits per heavy atom. The van der Waals surface area contributed by atoms with Crippen molar-refractivity contribution in [3.63, 3.8) is 0 Å². The van der Waals surface area contributed by atoms with Gasteiger partial charge in [0.15, 0.2) is 5.78 Å². The molecule has 2 aromatic rings. The molecule has 2 aromatic carbocycles. The summed E-state index contributed by atoms with van der Waals surface area (Å²) in [5, 5.41) is 47.2. The van der Waals surface area contributed by atoms with Crippen LogP contribution in [0, 0.1) is 35.5 Å². The van der Waals surface area contributed by atoms with Gasteiger partial charge in [-0.25, -0.2) is 19.1 Å². The lowest BCUT2D eigenvalue weighted by molar-refractivity contribution is -0.242. The van der Waals surface area contributed by atoms with Gasteiger partial charge in [-0.15, -0.1) is 0 Å². The average molecular weight is 1260 g/mol. The van der Waals surface area contributed by atoms with Gasteiger partial charge in [0.1, 0.15) is 43.1 Å². The number of nitrogens with two attached hydrogens (primary N) is 1. The van der Waals surface area contributed by atoms with Crippen LogP contribution in [-0.4, -0.2) is 218 Å². The van der Waals surface area contributed by atoms with Gasteiger partial charge in [0.25, 0.3) is 0 Å². The van der Waals surface area contributed by atoms with Gasteiger partial charge in [-0.2, -0.15) is 4.31 Å². The molecule has 0 spiro atoms. The zero-order valence-corrected chi connectivity index (χ0v) is 54.1. The summed E-state index contributed by atoms with van der Waals surface area (Å²) < 4.78 is 55.3. The number of hydrogen-bond acceptors (Lipinski definition) is 20. The van der Waals surface area contributed by atoms with Crippen LogP contribution < -0.4 is 21.3 Å². The lowest BCUT2D eigenvalue weighted by Crippen LogP contribution is -2.54. The molecule has 2 heterocycles. The number of benzene rings is 2. The Morgan fingerprint density at radius 3 is 2.10 bits per heavy atom. The molecule has 2 aliphatic rings. The van der Waals surface area contributed by atoms with Crippen molar-refractivity contribution in [2.45, 2.75) is 162 Å². The zero-order valence-electron chi connectivity index (χ0n) is 53.2. The van der Waals surface area contributed by atoms with Crippen molar-refractivity contribution in [2.24, 2.45) is 41.4 Å². The van der Waals surface area contributed by atoms with Crippen molar-refractivity contribution >= 4 is 57.0 Å². The van der Waals surface area contributed by atoms with Crippen molar-refractivity contribution in [1.29, 1.82) is 0 Å². The number of nitrogens with zero attached hydrogens (tertiary/aromatic N) is 4. The van der Waals surface area contributed by atoms with Gasteiger partial charge >= 0.3 is 6.09 Å². The molecule has 2 aliphatic heterocycles. The highest BCUT2D eigenvalue weighted by Gasteiger charge is 2.45. The van der Waals surface area contributed by atoms with E-state index in [0.29, 0.717) is 25.8 Å². The molecule has 4 unspecified atom stereocenters. The molecule has 14 atom stereocenters. The molecular formula is C61H97N7O19S. The van der Waals surface area contributed by atoms with E-state index in [1.807, 2.05) is 65.0 Å². The van der Waals surface area contributed by atoms with Crippen LogP contribution in [0.3, 0.4) is 0 Å². The van der Waals surface area contributed by atoms with E-state index in [4.69, 9.17) is 29.6 Å². The van der Waals surface area contributed by atoms with E-state index in [-0.39, 0.29) is 84.7 Å². The number of nitrogens with one attached hydrogen (secondary N) is 2. The first kappa shape index (κ1) is 74.7. The standard InChI is InChI=1S/C61H97N7O19S/c1-14-37(6)54(49(82-11)30-52(74)68-25-18-21-44(68)58(83-12)39(8)45(69)27-38(7)55(75)40-19-16-15-17-20-40)65(9)59(78)43(35(2)3)29-46(70)53(36(4)5)66(10)61(79)85-32-41-28-42(22-23-48(41)87-60-57(77)56(76)47(71)33-84-60)64-50(72)31-67(88(13,80)81)26-24-63-51(73)34-86-62/h15-17,19-20,22-23,28,35-39,43-44,47,49,53-58,60,71,75-77H,14,18,21,24-27,29-34,62H2,1-13H3,(H,63,73)(H,64,72)/t37-,38-,39-,43-,44-,47?,49+,53-,54-,55+,56?,57?,58+,60?/m0/s1. The highest BCUT2D eigenvalue weighted by Crippen LogP contribution is 2.34. The van der Waals surface area contributed by atoms with Gasteiger partial charge in [0, 0.05) is 83.9 Å². The number of aliphatic hydroxyl groups excluding tert-OH is 4. The van der Waals surface area contributed by atoms with Crippen LogP contribution in [0.1, 0.15) is 111 Å². The van der Waals surface area contributed by atoms with Gasteiger partial charge in [-0.3, -0.25) is 33.6 Å². The third-order valence-electron chi connectivity index (χ3n) is 16.8. The Morgan fingerprint density at radius 2 is 1.51 bits per heavy atom. The number of anilines is 1.